The number of hydrogen-bond acceptors (Lipinski definition) is 4. The standard InChI is InChI=1S/C22H28FN3O3/c1-2-28-21-7-4-3-6-20(21)25-13-15-26(16-14-25)22(27)24-12-5-17-29-19-10-8-18(23)9-11-19/h3-4,6-11H,2,5,12-17H2,1H3,(H,24,27). The molecule has 156 valence electrons. The van der Waals surface area contributed by atoms with E-state index in [-0.39, 0.29) is 11.8 Å². The summed E-state index contributed by atoms with van der Waals surface area (Å²) >= 11 is 0. The van der Waals surface area contributed by atoms with Gasteiger partial charge in [0.2, 0.25) is 0 Å². The van der Waals surface area contributed by atoms with Gasteiger partial charge in [-0.1, -0.05) is 12.1 Å². The van der Waals surface area contributed by atoms with Crippen molar-refractivity contribution in [1.82, 2.24) is 10.2 Å². The maximum absolute atomic E-state index is 12.9. The first-order valence-corrected chi connectivity index (χ1v) is 10.1. The summed E-state index contributed by atoms with van der Waals surface area (Å²) in [6, 6.07) is 13.9. The molecule has 6 nitrogen and oxygen atoms in total. The molecule has 0 aromatic heterocycles. The third kappa shape index (κ3) is 6.01. The molecule has 2 amide bonds. The summed E-state index contributed by atoms with van der Waals surface area (Å²) in [7, 11) is 0. The zero-order chi connectivity index (χ0) is 20.5. The van der Waals surface area contributed by atoms with Gasteiger partial charge in [0.25, 0.3) is 0 Å². The molecule has 1 saturated heterocycles. The molecule has 0 radical (unpaired) electrons. The van der Waals surface area contributed by atoms with Crippen LogP contribution in [0, 0.1) is 5.82 Å². The van der Waals surface area contributed by atoms with E-state index in [9.17, 15) is 9.18 Å². The average molecular weight is 401 g/mol. The van der Waals surface area contributed by atoms with Crippen molar-refractivity contribution in [1.29, 1.82) is 0 Å². The van der Waals surface area contributed by atoms with Crippen LogP contribution in [-0.2, 0) is 0 Å². The molecule has 0 bridgehead atoms. The SMILES string of the molecule is CCOc1ccccc1N1CCN(C(=O)NCCCOc2ccc(F)cc2)CC1. The Morgan fingerprint density at radius 2 is 1.76 bits per heavy atom. The zero-order valence-corrected chi connectivity index (χ0v) is 16.8. The Morgan fingerprint density at radius 1 is 1.03 bits per heavy atom. The molecule has 1 aliphatic rings. The summed E-state index contributed by atoms with van der Waals surface area (Å²) in [6.07, 6.45) is 0.685. The summed E-state index contributed by atoms with van der Waals surface area (Å²) < 4.78 is 24.1. The van der Waals surface area contributed by atoms with Crippen LogP contribution in [0.1, 0.15) is 13.3 Å². The van der Waals surface area contributed by atoms with E-state index in [0.29, 0.717) is 45.0 Å². The lowest BCUT2D eigenvalue weighted by Gasteiger charge is -2.36. The first kappa shape index (κ1) is 20.8. The number of piperazine rings is 1. The molecule has 0 atom stereocenters. The van der Waals surface area contributed by atoms with E-state index in [1.54, 1.807) is 12.1 Å². The van der Waals surface area contributed by atoms with Crippen LogP contribution in [0.2, 0.25) is 0 Å². The minimum atomic E-state index is -0.286. The van der Waals surface area contributed by atoms with Crippen molar-refractivity contribution in [2.45, 2.75) is 13.3 Å². The van der Waals surface area contributed by atoms with E-state index in [1.807, 2.05) is 30.0 Å². The molecule has 1 N–H and O–H groups in total. The van der Waals surface area contributed by atoms with Crippen LogP contribution >= 0.6 is 0 Å². The molecule has 0 aliphatic carbocycles. The lowest BCUT2D eigenvalue weighted by atomic mass is 10.2. The highest BCUT2D eigenvalue weighted by Gasteiger charge is 2.22. The Balaban J connectivity index is 1.36. The van der Waals surface area contributed by atoms with Gasteiger partial charge in [-0.2, -0.15) is 0 Å². The van der Waals surface area contributed by atoms with E-state index in [2.05, 4.69) is 16.3 Å². The van der Waals surface area contributed by atoms with Crippen molar-refractivity contribution in [3.05, 3.63) is 54.3 Å². The second kappa shape index (κ2) is 10.5. The number of nitrogens with zero attached hydrogens (tertiary/aromatic N) is 2. The van der Waals surface area contributed by atoms with Gasteiger partial charge in [0, 0.05) is 32.7 Å². The maximum atomic E-state index is 12.9. The number of para-hydroxylation sites is 2. The normalized spacial score (nSPS) is 13.9. The molecule has 0 saturated carbocycles. The predicted molar refractivity (Wildman–Crippen MR) is 111 cm³/mol. The van der Waals surface area contributed by atoms with Gasteiger partial charge in [0.1, 0.15) is 17.3 Å². The Bertz CT molecular complexity index is 777. The topological polar surface area (TPSA) is 54.0 Å². The fourth-order valence-electron chi connectivity index (χ4n) is 3.25. The van der Waals surface area contributed by atoms with Gasteiger partial charge in [-0.15, -0.1) is 0 Å². The first-order valence-electron chi connectivity index (χ1n) is 10.1. The molecular formula is C22H28FN3O3. The van der Waals surface area contributed by atoms with Gasteiger partial charge in [0.15, 0.2) is 0 Å². The summed E-state index contributed by atoms with van der Waals surface area (Å²) in [4.78, 5) is 16.5. The van der Waals surface area contributed by atoms with E-state index in [1.165, 1.54) is 12.1 Å². The quantitative estimate of drug-likeness (QED) is 0.688. The number of halogens is 1. The summed E-state index contributed by atoms with van der Waals surface area (Å²) in [6.45, 7) is 6.47. The minimum absolute atomic E-state index is 0.0514. The van der Waals surface area contributed by atoms with Gasteiger partial charge in [0.05, 0.1) is 18.9 Å². The fraction of sp³-hybridized carbons (Fsp3) is 0.409. The predicted octanol–water partition coefficient (Wildman–Crippen LogP) is 3.53. The lowest BCUT2D eigenvalue weighted by molar-refractivity contribution is 0.193. The Morgan fingerprint density at radius 3 is 2.48 bits per heavy atom. The lowest BCUT2D eigenvalue weighted by Crippen LogP contribution is -2.52. The largest absolute Gasteiger partial charge is 0.494 e. The van der Waals surface area contributed by atoms with Crippen LogP contribution in [0.25, 0.3) is 0 Å². The van der Waals surface area contributed by atoms with Gasteiger partial charge in [-0.25, -0.2) is 9.18 Å². The van der Waals surface area contributed by atoms with Crippen molar-refractivity contribution < 1.29 is 18.7 Å². The number of amides is 2. The number of rotatable bonds is 8. The second-order valence-corrected chi connectivity index (χ2v) is 6.76. The average Bonchev–Trinajstić information content (AvgIpc) is 2.75. The van der Waals surface area contributed by atoms with Crippen molar-refractivity contribution in [3.8, 4) is 11.5 Å². The molecule has 7 heteroatoms. The number of hydrogen-bond donors (Lipinski definition) is 1. The van der Waals surface area contributed by atoms with Gasteiger partial charge in [-0.3, -0.25) is 0 Å². The third-order valence-corrected chi connectivity index (χ3v) is 4.75. The molecular weight excluding hydrogens is 373 g/mol. The van der Waals surface area contributed by atoms with Gasteiger partial charge < -0.3 is 24.6 Å². The van der Waals surface area contributed by atoms with E-state index >= 15 is 0 Å². The van der Waals surface area contributed by atoms with Crippen LogP contribution in [-0.4, -0.2) is 56.9 Å². The van der Waals surface area contributed by atoms with E-state index < -0.39 is 0 Å². The zero-order valence-electron chi connectivity index (χ0n) is 16.8. The van der Waals surface area contributed by atoms with E-state index in [4.69, 9.17) is 9.47 Å². The molecule has 29 heavy (non-hydrogen) atoms. The van der Waals surface area contributed by atoms with Crippen molar-refractivity contribution in [3.63, 3.8) is 0 Å². The molecule has 2 aromatic carbocycles. The smallest absolute Gasteiger partial charge is 0.317 e. The Hall–Kier alpha value is -2.96. The molecule has 1 aliphatic heterocycles. The molecule has 3 rings (SSSR count). The molecule has 1 heterocycles. The third-order valence-electron chi connectivity index (χ3n) is 4.75. The summed E-state index contributed by atoms with van der Waals surface area (Å²) in [5.74, 6) is 1.22. The van der Waals surface area contributed by atoms with Crippen molar-refractivity contribution >= 4 is 11.7 Å². The molecule has 0 unspecified atom stereocenters. The number of anilines is 1. The molecule has 2 aromatic rings. The summed E-state index contributed by atoms with van der Waals surface area (Å²) in [5, 5.41) is 2.94. The van der Waals surface area contributed by atoms with Crippen molar-refractivity contribution in [2.24, 2.45) is 0 Å². The maximum Gasteiger partial charge on any atom is 0.317 e. The van der Waals surface area contributed by atoms with Crippen molar-refractivity contribution in [2.75, 3.05) is 50.8 Å². The number of benzene rings is 2. The number of ether oxygens (including phenoxy) is 2. The molecule has 1 fully saturated rings. The Labute approximate surface area is 171 Å². The van der Waals surface area contributed by atoms with Crippen LogP contribution in [0.5, 0.6) is 11.5 Å². The molecule has 0 spiro atoms. The second-order valence-electron chi connectivity index (χ2n) is 6.76. The van der Waals surface area contributed by atoms with Crippen LogP contribution in [0.4, 0.5) is 14.9 Å². The summed E-state index contributed by atoms with van der Waals surface area (Å²) in [5.41, 5.74) is 1.08. The minimum Gasteiger partial charge on any atom is -0.494 e. The van der Waals surface area contributed by atoms with Gasteiger partial charge in [-0.05, 0) is 49.7 Å². The van der Waals surface area contributed by atoms with Crippen LogP contribution in [0.3, 0.4) is 0 Å². The highest BCUT2D eigenvalue weighted by molar-refractivity contribution is 5.74. The number of carbonyl (C=O) groups excluding carboxylic acids is 1. The van der Waals surface area contributed by atoms with Gasteiger partial charge >= 0.3 is 6.03 Å². The Kier molecular flexibility index (Phi) is 7.55. The van der Waals surface area contributed by atoms with Crippen LogP contribution < -0.4 is 19.7 Å². The monoisotopic (exact) mass is 401 g/mol. The van der Waals surface area contributed by atoms with E-state index in [0.717, 1.165) is 24.5 Å². The van der Waals surface area contributed by atoms with Crippen LogP contribution in [0.15, 0.2) is 48.5 Å². The highest BCUT2D eigenvalue weighted by Crippen LogP contribution is 2.28. The number of carbonyl (C=O) groups is 1. The fourth-order valence-corrected chi connectivity index (χ4v) is 3.25. The number of urea groups is 1. The number of nitrogens with one attached hydrogen (secondary N) is 1. The highest BCUT2D eigenvalue weighted by atomic mass is 19.1. The first-order chi connectivity index (χ1) is 14.2.